The predicted octanol–water partition coefficient (Wildman–Crippen LogP) is 19.8. The van der Waals surface area contributed by atoms with Crippen LogP contribution in [0.25, 0.3) is 45.0 Å². The highest BCUT2D eigenvalue weighted by molar-refractivity contribution is 14.1. The van der Waals surface area contributed by atoms with E-state index in [2.05, 4.69) is 68.8 Å². The number of aromatic nitrogens is 8. The molecule has 4 aromatic heterocycles. The summed E-state index contributed by atoms with van der Waals surface area (Å²) < 4.78 is 96.0. The van der Waals surface area contributed by atoms with Crippen molar-refractivity contribution in [3.05, 3.63) is 306 Å². The SMILES string of the molecule is O=C(Cc1c(F)c(F)c(F)c(F)c1F)Nc1ncc(-c2ccc(CO)cc2)nc1CC1CCCC1.O=C(Cc1ccc(F)c(F)c1)Nc1ncc(-c2ccc(CO)cc2)nc1CC1CCCC1.O=C(Cc1ccc(I)cc1)Nc1ncc(-c2ccc(CO)cc2)nc1CC1CCCC1.O=C(Nc1ncc(-c2ccc(CO)cc2)nc1CC1CCCC1)c1ccccc1. The van der Waals surface area contributed by atoms with Crippen LogP contribution in [0.15, 0.2) is 195 Å². The van der Waals surface area contributed by atoms with Crippen LogP contribution < -0.4 is 21.3 Å². The summed E-state index contributed by atoms with van der Waals surface area (Å²) in [5.41, 5.74) is 13.2. The topological polar surface area (TPSA) is 300 Å². The van der Waals surface area contributed by atoms with E-state index in [9.17, 15) is 70.3 Å². The molecule has 0 spiro atoms. The summed E-state index contributed by atoms with van der Waals surface area (Å²) >= 11 is 2.26. The second kappa shape index (κ2) is 45.5. The minimum atomic E-state index is -2.28. The molecule has 28 heteroatoms. The minimum Gasteiger partial charge on any atom is -0.392 e. The molecule has 16 rings (SSSR count). The number of rotatable bonds is 27. The van der Waals surface area contributed by atoms with Crippen molar-refractivity contribution in [2.24, 2.45) is 23.7 Å². The number of aliphatic hydroxyl groups excluding tert-OH is 4. The number of amides is 4. The van der Waals surface area contributed by atoms with E-state index in [1.807, 2.05) is 115 Å². The molecule has 8 N–H and O–H groups in total. The van der Waals surface area contributed by atoms with E-state index in [1.165, 1.54) is 76.5 Å². The van der Waals surface area contributed by atoms with Gasteiger partial charge in [-0.25, -0.2) is 70.6 Å². The molecule has 8 aromatic carbocycles. The van der Waals surface area contributed by atoms with Gasteiger partial charge in [-0.1, -0.05) is 236 Å². The Kier molecular flexibility index (Phi) is 33.2. The molecule has 4 fully saturated rings. The zero-order valence-electron chi connectivity index (χ0n) is 69.9. The zero-order chi connectivity index (χ0) is 89.3. The van der Waals surface area contributed by atoms with Crippen molar-refractivity contribution in [2.45, 2.75) is 174 Å². The third-order valence-electron chi connectivity index (χ3n) is 23.2. The Labute approximate surface area is 745 Å². The molecule has 4 amide bonds. The molecule has 4 saturated carbocycles. The second-order valence-corrected chi connectivity index (χ2v) is 33.7. The lowest BCUT2D eigenvalue weighted by molar-refractivity contribution is -0.116. The van der Waals surface area contributed by atoms with Crippen molar-refractivity contribution < 1.29 is 70.3 Å². The van der Waals surface area contributed by atoms with Crippen molar-refractivity contribution >= 4 is 69.5 Å². The molecule has 0 saturated heterocycles. The number of hydrogen-bond acceptors (Lipinski definition) is 16. The van der Waals surface area contributed by atoms with Gasteiger partial charge in [-0.05, 0) is 142 Å². The van der Waals surface area contributed by atoms with E-state index < -0.39 is 58.6 Å². The maximum absolute atomic E-state index is 14.0. The number of nitrogens with one attached hydrogen (secondary N) is 4. The highest BCUT2D eigenvalue weighted by Crippen LogP contribution is 2.37. The Hall–Kier alpha value is -12.0. The summed E-state index contributed by atoms with van der Waals surface area (Å²) in [6.45, 7) is -0.0948. The average Bonchev–Trinajstić information content (AvgIpc) is 1.49. The molecule has 4 heterocycles. The fourth-order valence-electron chi connectivity index (χ4n) is 16.2. The van der Waals surface area contributed by atoms with Gasteiger partial charge in [0.2, 0.25) is 23.5 Å². The van der Waals surface area contributed by atoms with Gasteiger partial charge in [0.1, 0.15) is 0 Å². The fourth-order valence-corrected chi connectivity index (χ4v) is 16.6. The van der Waals surface area contributed by atoms with Gasteiger partial charge in [-0.2, -0.15) is 0 Å². The van der Waals surface area contributed by atoms with Crippen molar-refractivity contribution in [3.8, 4) is 45.0 Å². The van der Waals surface area contributed by atoms with Crippen LogP contribution in [0.1, 0.15) is 175 Å². The van der Waals surface area contributed by atoms with Crippen LogP contribution in [-0.2, 0) is 85.8 Å². The van der Waals surface area contributed by atoms with Crippen LogP contribution in [0, 0.1) is 68.0 Å². The van der Waals surface area contributed by atoms with Crippen molar-refractivity contribution in [2.75, 3.05) is 21.3 Å². The number of anilines is 4. The van der Waals surface area contributed by atoms with Crippen molar-refractivity contribution in [1.29, 1.82) is 0 Å². The third kappa shape index (κ3) is 25.9. The van der Waals surface area contributed by atoms with Gasteiger partial charge in [0, 0.05) is 37.0 Å². The van der Waals surface area contributed by atoms with E-state index in [-0.39, 0.29) is 56.4 Å². The zero-order valence-corrected chi connectivity index (χ0v) is 72.1. The highest BCUT2D eigenvalue weighted by atomic mass is 127. The summed E-state index contributed by atoms with van der Waals surface area (Å²) in [4.78, 5) is 87.5. The second-order valence-electron chi connectivity index (χ2n) is 32.5. The van der Waals surface area contributed by atoms with Crippen molar-refractivity contribution in [1.82, 2.24) is 39.9 Å². The van der Waals surface area contributed by atoms with Gasteiger partial charge in [-0.15, -0.1) is 0 Å². The lowest BCUT2D eigenvalue weighted by atomic mass is 10.0. The lowest BCUT2D eigenvalue weighted by Crippen LogP contribution is -2.20. The van der Waals surface area contributed by atoms with Gasteiger partial charge in [0.05, 0.1) is 116 Å². The number of nitrogens with zero attached hydrogens (tertiary/aromatic N) is 8. The lowest BCUT2D eigenvalue weighted by Gasteiger charge is -2.15. The first-order chi connectivity index (χ1) is 61.6. The highest BCUT2D eigenvalue weighted by Gasteiger charge is 2.30. The minimum absolute atomic E-state index is 0.0172. The largest absolute Gasteiger partial charge is 0.392 e. The maximum atomic E-state index is 14.0. The number of benzene rings is 8. The average molecular weight is 1840 g/mol. The molecule has 0 radical (unpaired) electrons. The van der Waals surface area contributed by atoms with E-state index in [0.29, 0.717) is 82.2 Å². The first-order valence-electron chi connectivity index (χ1n) is 42.8. The summed E-state index contributed by atoms with van der Waals surface area (Å²) in [5, 5.41) is 48.2. The quantitative estimate of drug-likeness (QED) is 0.0103. The van der Waals surface area contributed by atoms with Gasteiger partial charge in [0.25, 0.3) is 5.91 Å². The van der Waals surface area contributed by atoms with E-state index in [1.54, 1.807) is 55.0 Å². The van der Waals surface area contributed by atoms with E-state index >= 15 is 0 Å². The molecule has 658 valence electrons. The molecule has 0 unspecified atom stereocenters. The van der Waals surface area contributed by atoms with Crippen molar-refractivity contribution in [3.63, 3.8) is 0 Å². The summed E-state index contributed by atoms with van der Waals surface area (Å²) in [6.07, 6.45) is 27.0. The van der Waals surface area contributed by atoms with Gasteiger partial charge in [-0.3, -0.25) is 19.2 Å². The van der Waals surface area contributed by atoms with Gasteiger partial charge in [0.15, 0.2) is 58.2 Å². The molecule has 12 aromatic rings. The standard InChI is InChI=1S/C25H22F5N3O2.C25H25F2N3O2.C25H26IN3O2.C24H25N3O2/c26-20-16(21(27)23(29)24(30)22(20)28)10-19(35)33-25-17(9-13-3-1-2-4-13)32-18(11-31-25)15-7-5-14(12-34)6-8-15;26-20-10-7-18(11-21(20)27)13-24(32)30-25-22(12-16-3-1-2-4-16)29-23(14-28-25)19-8-5-17(15-31)6-9-19;26-21-11-7-18(8-12-21)14-24(31)29-25-22(13-17-3-1-2-4-17)28-23(15-27-25)20-9-5-19(16-30)6-10-20;28-16-18-10-12-19(13-11-18)22-15-25-23(21(26-22)14-17-6-4-5-7-17)27-24(29)20-8-2-1-3-9-20/h5-8,11,13,34H,1-4,9-10,12H2,(H,31,33,35);5-11,14,16,31H,1-4,12-13,15H2,(H,28,30,32);5-12,15,17,30H,1-4,13-14,16H2,(H,27,29,31);1-3,8-13,15,17,28H,4-7,14,16H2,(H,25,27,29). The first kappa shape index (κ1) is 92.7. The van der Waals surface area contributed by atoms with Crippen LogP contribution in [0.4, 0.5) is 54.0 Å². The smallest absolute Gasteiger partial charge is 0.256 e. The summed E-state index contributed by atoms with van der Waals surface area (Å²) in [6, 6.07) is 50.4. The molecular formula is C99H98F7IN12O8. The van der Waals surface area contributed by atoms with E-state index in [4.69, 9.17) is 15.0 Å². The van der Waals surface area contributed by atoms with Crippen LogP contribution in [0.3, 0.4) is 0 Å². The Morgan fingerprint density at radius 2 is 0.606 bits per heavy atom. The Morgan fingerprint density at radius 1 is 0.323 bits per heavy atom. The molecule has 4 aliphatic rings. The molecular weight excluding hydrogens is 1750 g/mol. The molecule has 4 aliphatic carbocycles. The fraction of sp³-hybridized carbons (Fsp3) is 0.313. The Balaban J connectivity index is 0.000000145. The van der Waals surface area contributed by atoms with Crippen LogP contribution in [0.2, 0.25) is 0 Å². The van der Waals surface area contributed by atoms with Crippen LogP contribution in [-0.4, -0.2) is 83.9 Å². The molecule has 0 atom stereocenters. The summed E-state index contributed by atoms with van der Waals surface area (Å²) in [5.74, 6) is -10.5. The maximum Gasteiger partial charge on any atom is 0.256 e. The number of aliphatic hydroxyl groups is 4. The Morgan fingerprint density at radius 3 is 0.921 bits per heavy atom. The first-order valence-corrected chi connectivity index (χ1v) is 43.9. The van der Waals surface area contributed by atoms with Crippen LogP contribution >= 0.6 is 22.6 Å². The Bertz CT molecular complexity index is 5720. The van der Waals surface area contributed by atoms with Gasteiger partial charge < -0.3 is 41.7 Å². The normalized spacial score (nSPS) is 14.0. The molecule has 20 nitrogen and oxygen atoms in total. The number of carbonyl (C=O) groups excluding carboxylic acids is 4. The number of carbonyl (C=O) groups is 4. The van der Waals surface area contributed by atoms with Crippen LogP contribution in [0.5, 0.6) is 0 Å². The molecule has 0 aliphatic heterocycles. The number of halogens is 8. The number of hydrogen-bond donors (Lipinski definition) is 8. The van der Waals surface area contributed by atoms with Gasteiger partial charge >= 0.3 is 0 Å². The monoisotopic (exact) mass is 1840 g/mol. The summed E-state index contributed by atoms with van der Waals surface area (Å²) in [7, 11) is 0. The third-order valence-corrected chi connectivity index (χ3v) is 24.0. The predicted molar refractivity (Wildman–Crippen MR) is 479 cm³/mol. The molecule has 0 bridgehead atoms. The van der Waals surface area contributed by atoms with E-state index in [0.717, 1.165) is 152 Å². The molecule has 127 heavy (non-hydrogen) atoms.